The first kappa shape index (κ1) is 65.6. The zero-order valence-corrected chi connectivity index (χ0v) is 45.7. The minimum Gasteiger partial charge on any atom is -0.394 e. The summed E-state index contributed by atoms with van der Waals surface area (Å²) in [7, 11) is 0. The molecule has 0 aliphatic heterocycles. The van der Waals surface area contributed by atoms with E-state index in [2.05, 4.69) is 43.5 Å². The van der Waals surface area contributed by atoms with Crippen LogP contribution in [0.5, 0.6) is 0 Å². The van der Waals surface area contributed by atoms with Crippen LogP contribution < -0.4 is 5.32 Å². The second-order valence-corrected chi connectivity index (χ2v) is 21.1. The first-order chi connectivity index (χ1) is 33.2. The minimum absolute atomic E-state index is 0.0689. The topological polar surface area (TPSA) is 69.6 Å². The molecule has 0 aliphatic rings. The molecule has 0 aromatic heterocycles. The van der Waals surface area contributed by atoms with Crippen molar-refractivity contribution in [3.8, 4) is 0 Å². The van der Waals surface area contributed by atoms with E-state index in [0.717, 1.165) is 32.1 Å². The van der Waals surface area contributed by atoms with Gasteiger partial charge in [-0.1, -0.05) is 314 Å². The van der Waals surface area contributed by atoms with Crippen LogP contribution in [0, 0.1) is 0 Å². The van der Waals surface area contributed by atoms with Gasteiger partial charge >= 0.3 is 0 Å². The molecular weight excluding hydrogens is 819 g/mol. The lowest BCUT2D eigenvalue weighted by atomic mass is 10.0. The van der Waals surface area contributed by atoms with Gasteiger partial charge in [0.1, 0.15) is 0 Å². The first-order valence-corrected chi connectivity index (χ1v) is 30.7. The van der Waals surface area contributed by atoms with Crippen molar-refractivity contribution in [1.29, 1.82) is 0 Å². The van der Waals surface area contributed by atoms with E-state index in [0.29, 0.717) is 6.42 Å². The van der Waals surface area contributed by atoms with E-state index in [-0.39, 0.29) is 12.5 Å². The highest BCUT2D eigenvalue weighted by molar-refractivity contribution is 5.76. The lowest BCUT2D eigenvalue weighted by Crippen LogP contribution is -2.45. The Kier molecular flexibility index (Phi) is 57.7. The largest absolute Gasteiger partial charge is 0.394 e. The molecule has 0 aromatic carbocycles. The van der Waals surface area contributed by atoms with Crippen LogP contribution >= 0.6 is 0 Å². The van der Waals surface area contributed by atoms with Gasteiger partial charge in [0.05, 0.1) is 18.8 Å². The Labute approximate surface area is 421 Å². The monoisotopic (exact) mass is 940 g/mol. The zero-order chi connectivity index (χ0) is 48.5. The quantitative estimate of drug-likeness (QED) is 0.0420. The lowest BCUT2D eigenvalue weighted by Gasteiger charge is -2.19. The van der Waals surface area contributed by atoms with Gasteiger partial charge in [-0.05, 0) is 57.8 Å². The molecule has 0 rings (SSSR count). The fraction of sp³-hybridized carbons (Fsp3) is 0.889. The summed E-state index contributed by atoms with van der Waals surface area (Å²) in [6.45, 7) is 4.33. The van der Waals surface area contributed by atoms with Gasteiger partial charge in [0.25, 0.3) is 0 Å². The number of carbonyl (C=O) groups excluding carboxylic acids is 1. The van der Waals surface area contributed by atoms with Gasteiger partial charge in [0, 0.05) is 6.42 Å². The summed E-state index contributed by atoms with van der Waals surface area (Å²) in [4.78, 5) is 12.5. The van der Waals surface area contributed by atoms with Gasteiger partial charge in [-0.3, -0.25) is 4.79 Å². The molecule has 0 radical (unpaired) electrons. The van der Waals surface area contributed by atoms with E-state index in [1.54, 1.807) is 6.08 Å². The molecule has 0 saturated carbocycles. The SMILES string of the molecule is CCCCCCCCCCCC/C=C/CC/C=C/C(O)C(CO)NC(=O)CCCCCCCCCCCCCCCCCCC/C=C\CCCCCCCCCCCCCCCCCCCC. The molecule has 0 bridgehead atoms. The molecular formula is C63H121NO3. The zero-order valence-electron chi connectivity index (χ0n) is 45.7. The number of aliphatic hydroxyl groups is 2. The fourth-order valence-electron chi connectivity index (χ4n) is 9.66. The van der Waals surface area contributed by atoms with Crippen molar-refractivity contribution in [2.24, 2.45) is 0 Å². The maximum absolute atomic E-state index is 12.5. The summed E-state index contributed by atoms with van der Waals surface area (Å²) in [5, 5.41) is 23.1. The third-order valence-corrected chi connectivity index (χ3v) is 14.3. The Morgan fingerprint density at radius 3 is 0.866 bits per heavy atom. The van der Waals surface area contributed by atoms with Crippen LogP contribution in [-0.2, 0) is 4.79 Å². The van der Waals surface area contributed by atoms with E-state index in [1.807, 2.05) is 6.08 Å². The normalized spacial score (nSPS) is 13.0. The van der Waals surface area contributed by atoms with Crippen molar-refractivity contribution in [2.75, 3.05) is 6.61 Å². The van der Waals surface area contributed by atoms with Crippen LogP contribution in [0.2, 0.25) is 0 Å². The summed E-state index contributed by atoms with van der Waals surface area (Å²) in [5.74, 6) is -0.0689. The molecule has 396 valence electrons. The third-order valence-electron chi connectivity index (χ3n) is 14.3. The van der Waals surface area contributed by atoms with E-state index < -0.39 is 12.1 Å². The van der Waals surface area contributed by atoms with Gasteiger partial charge in [-0.25, -0.2) is 0 Å². The number of carbonyl (C=O) groups is 1. The maximum atomic E-state index is 12.5. The van der Waals surface area contributed by atoms with Gasteiger partial charge in [-0.15, -0.1) is 0 Å². The number of allylic oxidation sites excluding steroid dienone is 5. The predicted molar refractivity (Wildman–Crippen MR) is 299 cm³/mol. The molecule has 0 heterocycles. The number of hydrogen-bond acceptors (Lipinski definition) is 3. The number of nitrogens with one attached hydrogen (secondary N) is 1. The van der Waals surface area contributed by atoms with Crippen molar-refractivity contribution in [3.05, 3.63) is 36.5 Å². The molecule has 2 unspecified atom stereocenters. The summed E-state index contributed by atoms with van der Waals surface area (Å²) in [6, 6.07) is -0.638. The molecule has 0 saturated heterocycles. The second kappa shape index (κ2) is 58.9. The Balaban J connectivity index is 3.41. The molecule has 67 heavy (non-hydrogen) atoms. The van der Waals surface area contributed by atoms with Gasteiger partial charge in [0.2, 0.25) is 5.91 Å². The second-order valence-electron chi connectivity index (χ2n) is 21.1. The number of aliphatic hydroxyl groups excluding tert-OH is 2. The van der Waals surface area contributed by atoms with E-state index in [9.17, 15) is 15.0 Å². The number of hydrogen-bond donors (Lipinski definition) is 3. The average molecular weight is 941 g/mol. The van der Waals surface area contributed by atoms with Crippen molar-refractivity contribution in [1.82, 2.24) is 5.32 Å². The Morgan fingerprint density at radius 2 is 0.582 bits per heavy atom. The molecule has 1 amide bonds. The highest BCUT2D eigenvalue weighted by atomic mass is 16.3. The van der Waals surface area contributed by atoms with Crippen molar-refractivity contribution in [2.45, 2.75) is 353 Å². The molecule has 4 heteroatoms. The summed E-state index contributed by atoms with van der Waals surface area (Å²) >= 11 is 0. The Morgan fingerprint density at radius 1 is 0.343 bits per heavy atom. The number of rotatable bonds is 57. The number of amides is 1. The van der Waals surface area contributed by atoms with Crippen LogP contribution in [0.1, 0.15) is 341 Å². The summed E-state index contributed by atoms with van der Waals surface area (Å²) in [5.41, 5.74) is 0. The standard InChI is InChI=1S/C63H121NO3/c1-3-5-7-9-11-13-15-17-19-21-22-23-24-25-26-27-28-29-30-31-32-33-34-35-36-37-38-39-40-41-42-43-45-47-49-51-53-55-57-59-63(67)64-61(60-65)62(66)58-56-54-52-50-48-46-44-20-18-16-14-12-10-8-6-4-2/h31-32,48,50,56,58,61-62,65-66H,3-30,33-47,49,51-55,57,59-60H2,1-2H3,(H,64,67)/b32-31-,50-48+,58-56+. The predicted octanol–water partition coefficient (Wildman–Crippen LogP) is 20.4. The Bertz CT molecular complexity index is 1020. The number of unbranched alkanes of at least 4 members (excludes halogenated alkanes) is 46. The van der Waals surface area contributed by atoms with Crippen LogP contribution in [0.3, 0.4) is 0 Å². The minimum atomic E-state index is -0.861. The molecule has 0 fully saturated rings. The molecule has 2 atom stereocenters. The molecule has 0 aromatic rings. The molecule has 4 nitrogen and oxygen atoms in total. The highest BCUT2D eigenvalue weighted by Crippen LogP contribution is 2.18. The van der Waals surface area contributed by atoms with Crippen LogP contribution in [0.4, 0.5) is 0 Å². The summed E-state index contributed by atoms with van der Waals surface area (Å²) < 4.78 is 0. The van der Waals surface area contributed by atoms with Crippen LogP contribution in [-0.4, -0.2) is 34.9 Å². The third kappa shape index (κ3) is 55.4. The highest BCUT2D eigenvalue weighted by Gasteiger charge is 2.18. The first-order valence-electron chi connectivity index (χ1n) is 30.7. The van der Waals surface area contributed by atoms with Crippen molar-refractivity contribution < 1.29 is 15.0 Å². The molecule has 0 spiro atoms. The Hall–Kier alpha value is -1.39. The van der Waals surface area contributed by atoms with Crippen LogP contribution in [0.25, 0.3) is 0 Å². The summed E-state index contributed by atoms with van der Waals surface area (Å²) in [6.07, 6.45) is 80.6. The maximum Gasteiger partial charge on any atom is 0.220 e. The van der Waals surface area contributed by atoms with Crippen LogP contribution in [0.15, 0.2) is 36.5 Å². The van der Waals surface area contributed by atoms with Gasteiger partial charge in [0.15, 0.2) is 0 Å². The van der Waals surface area contributed by atoms with E-state index in [4.69, 9.17) is 0 Å². The molecule has 3 N–H and O–H groups in total. The van der Waals surface area contributed by atoms with E-state index in [1.165, 1.54) is 289 Å². The fourth-order valence-corrected chi connectivity index (χ4v) is 9.66. The molecule has 0 aliphatic carbocycles. The van der Waals surface area contributed by atoms with E-state index >= 15 is 0 Å². The van der Waals surface area contributed by atoms with Crippen molar-refractivity contribution in [3.63, 3.8) is 0 Å². The van der Waals surface area contributed by atoms with Gasteiger partial charge in [-0.2, -0.15) is 0 Å². The lowest BCUT2D eigenvalue weighted by molar-refractivity contribution is -0.123. The van der Waals surface area contributed by atoms with Crippen molar-refractivity contribution >= 4 is 5.91 Å². The average Bonchev–Trinajstić information content (AvgIpc) is 3.33. The van der Waals surface area contributed by atoms with Gasteiger partial charge < -0.3 is 15.5 Å². The smallest absolute Gasteiger partial charge is 0.220 e.